The molecule has 1 amide bonds. The Bertz CT molecular complexity index is 681. The first-order chi connectivity index (χ1) is 11.7. The Morgan fingerprint density at radius 2 is 2.12 bits per heavy atom. The molecule has 3 rings (SSSR count). The minimum atomic E-state index is -0.0803. The van der Waals surface area contributed by atoms with Crippen LogP contribution in [0.1, 0.15) is 49.0 Å². The third-order valence-electron chi connectivity index (χ3n) is 4.44. The van der Waals surface area contributed by atoms with Crippen molar-refractivity contribution in [1.82, 2.24) is 15.0 Å². The second kappa shape index (κ2) is 7.47. The van der Waals surface area contributed by atoms with Crippen molar-refractivity contribution in [2.45, 2.75) is 45.1 Å². The van der Waals surface area contributed by atoms with Crippen LogP contribution in [0.4, 0.5) is 0 Å². The van der Waals surface area contributed by atoms with Crippen LogP contribution in [0.3, 0.4) is 0 Å². The number of rotatable bonds is 5. The van der Waals surface area contributed by atoms with Crippen LogP contribution in [0, 0.1) is 6.92 Å². The fourth-order valence-electron chi connectivity index (χ4n) is 3.12. The number of benzene rings is 1. The molecule has 0 radical (unpaired) electrons. The summed E-state index contributed by atoms with van der Waals surface area (Å²) in [4.78, 5) is 18.9. The van der Waals surface area contributed by atoms with Crippen molar-refractivity contribution in [2.75, 3.05) is 13.7 Å². The molecule has 1 atom stereocenters. The van der Waals surface area contributed by atoms with Crippen molar-refractivity contribution in [3.05, 3.63) is 41.5 Å². The van der Waals surface area contributed by atoms with Crippen molar-refractivity contribution in [2.24, 2.45) is 0 Å². The summed E-state index contributed by atoms with van der Waals surface area (Å²) in [5, 5.41) is 3.86. The average Bonchev–Trinajstić information content (AvgIpc) is 3.06. The molecule has 1 fully saturated rings. The highest BCUT2D eigenvalue weighted by Gasteiger charge is 2.31. The van der Waals surface area contributed by atoms with Crippen molar-refractivity contribution >= 4 is 5.91 Å². The minimum Gasteiger partial charge on any atom is -0.497 e. The summed E-state index contributed by atoms with van der Waals surface area (Å²) >= 11 is 0. The second-order valence-corrected chi connectivity index (χ2v) is 6.13. The van der Waals surface area contributed by atoms with Gasteiger partial charge in [0.25, 0.3) is 0 Å². The summed E-state index contributed by atoms with van der Waals surface area (Å²) in [6.45, 7) is 2.55. The summed E-state index contributed by atoms with van der Waals surface area (Å²) in [6, 6.07) is 7.76. The van der Waals surface area contributed by atoms with Crippen LogP contribution in [0.25, 0.3) is 0 Å². The lowest BCUT2D eigenvalue weighted by molar-refractivity contribution is -0.135. The number of hydrogen-bond acceptors (Lipinski definition) is 5. The maximum Gasteiger partial charge on any atom is 0.249 e. The lowest BCUT2D eigenvalue weighted by atomic mass is 10.0. The third-order valence-corrected chi connectivity index (χ3v) is 4.44. The van der Waals surface area contributed by atoms with E-state index in [4.69, 9.17) is 9.26 Å². The fraction of sp³-hybridized carbons (Fsp3) is 0.500. The predicted octanol–water partition coefficient (Wildman–Crippen LogP) is 3.07. The van der Waals surface area contributed by atoms with E-state index in [1.54, 1.807) is 14.0 Å². The molecule has 6 nitrogen and oxygen atoms in total. The predicted molar refractivity (Wildman–Crippen MR) is 88.7 cm³/mol. The summed E-state index contributed by atoms with van der Waals surface area (Å²) in [5.41, 5.74) is 1.13. The third kappa shape index (κ3) is 3.75. The van der Waals surface area contributed by atoms with Gasteiger partial charge in [-0.15, -0.1) is 0 Å². The normalized spacial score (nSPS) is 17.8. The summed E-state index contributed by atoms with van der Waals surface area (Å²) in [7, 11) is 1.65. The van der Waals surface area contributed by atoms with E-state index in [0.717, 1.165) is 43.5 Å². The highest BCUT2D eigenvalue weighted by atomic mass is 16.5. The smallest absolute Gasteiger partial charge is 0.249 e. The van der Waals surface area contributed by atoms with Crippen molar-refractivity contribution in [3.8, 4) is 5.75 Å². The molecule has 1 aromatic heterocycles. The molecule has 0 N–H and O–H groups in total. The first-order valence-corrected chi connectivity index (χ1v) is 8.40. The van der Waals surface area contributed by atoms with E-state index in [1.807, 2.05) is 29.2 Å². The van der Waals surface area contributed by atoms with Crippen LogP contribution in [-0.4, -0.2) is 34.6 Å². The first kappa shape index (κ1) is 16.5. The first-order valence-electron chi connectivity index (χ1n) is 8.40. The highest BCUT2D eigenvalue weighted by Crippen LogP contribution is 2.30. The van der Waals surface area contributed by atoms with E-state index >= 15 is 0 Å². The molecule has 0 aliphatic carbocycles. The topological polar surface area (TPSA) is 68.5 Å². The van der Waals surface area contributed by atoms with Gasteiger partial charge in [-0.1, -0.05) is 17.3 Å². The largest absolute Gasteiger partial charge is 0.497 e. The molecule has 24 heavy (non-hydrogen) atoms. The zero-order valence-electron chi connectivity index (χ0n) is 14.2. The standard InChI is InChI=1S/C18H23N3O3/c1-13-19-18(24-20-13)16-5-3-4-12-21(16)17(22)11-8-14-6-9-15(23-2)10-7-14/h6-7,9-10,16H,3-5,8,11-12H2,1-2H3/t16-/m1/s1. The Kier molecular flexibility index (Phi) is 5.13. The minimum absolute atomic E-state index is 0.0803. The molecular formula is C18H23N3O3. The number of aryl methyl sites for hydroxylation is 2. The number of aromatic nitrogens is 2. The van der Waals surface area contributed by atoms with Gasteiger partial charge in [-0.2, -0.15) is 4.98 Å². The molecule has 1 saturated heterocycles. The van der Waals surface area contributed by atoms with Gasteiger partial charge in [0.05, 0.1) is 7.11 Å². The summed E-state index contributed by atoms with van der Waals surface area (Å²) < 4.78 is 10.5. The van der Waals surface area contributed by atoms with Gasteiger partial charge >= 0.3 is 0 Å². The van der Waals surface area contributed by atoms with Gasteiger partial charge in [0.1, 0.15) is 11.8 Å². The molecule has 0 spiro atoms. The molecule has 0 unspecified atom stereocenters. The Hall–Kier alpha value is -2.37. The molecule has 1 aromatic carbocycles. The number of likely N-dealkylation sites (tertiary alicyclic amines) is 1. The number of amides is 1. The van der Waals surface area contributed by atoms with E-state index in [0.29, 0.717) is 18.1 Å². The van der Waals surface area contributed by atoms with Gasteiger partial charge in [-0.25, -0.2) is 0 Å². The second-order valence-electron chi connectivity index (χ2n) is 6.13. The van der Waals surface area contributed by atoms with Crippen molar-refractivity contribution in [1.29, 1.82) is 0 Å². The van der Waals surface area contributed by atoms with Crippen molar-refractivity contribution < 1.29 is 14.1 Å². The van der Waals surface area contributed by atoms with Crippen LogP contribution in [-0.2, 0) is 11.2 Å². The summed E-state index contributed by atoms with van der Waals surface area (Å²) in [5.74, 6) is 2.14. The quantitative estimate of drug-likeness (QED) is 0.843. The number of piperidine rings is 1. The fourth-order valence-corrected chi connectivity index (χ4v) is 3.12. The zero-order chi connectivity index (χ0) is 16.9. The molecule has 0 saturated carbocycles. The van der Waals surface area contributed by atoms with Crippen LogP contribution < -0.4 is 4.74 Å². The number of methoxy groups -OCH3 is 1. The molecule has 2 aromatic rings. The SMILES string of the molecule is COc1ccc(CCC(=O)N2CCCC[C@@H]2c2nc(C)no2)cc1. The molecule has 0 bridgehead atoms. The van der Waals surface area contributed by atoms with E-state index < -0.39 is 0 Å². The lowest BCUT2D eigenvalue weighted by Crippen LogP contribution is -2.38. The maximum absolute atomic E-state index is 12.7. The summed E-state index contributed by atoms with van der Waals surface area (Å²) in [6.07, 6.45) is 4.19. The number of nitrogens with zero attached hydrogens (tertiary/aromatic N) is 3. The average molecular weight is 329 g/mol. The highest BCUT2D eigenvalue weighted by molar-refractivity contribution is 5.77. The molecule has 6 heteroatoms. The van der Waals surface area contributed by atoms with Gasteiger partial charge in [-0.3, -0.25) is 4.79 Å². The van der Waals surface area contributed by atoms with Crippen LogP contribution in [0.15, 0.2) is 28.8 Å². The zero-order valence-corrected chi connectivity index (χ0v) is 14.2. The van der Waals surface area contributed by atoms with E-state index in [-0.39, 0.29) is 11.9 Å². The van der Waals surface area contributed by atoms with Crippen LogP contribution in [0.2, 0.25) is 0 Å². The number of hydrogen-bond donors (Lipinski definition) is 0. The van der Waals surface area contributed by atoms with Gasteiger partial charge in [0.2, 0.25) is 11.8 Å². The van der Waals surface area contributed by atoms with Crippen molar-refractivity contribution in [3.63, 3.8) is 0 Å². The number of carbonyl (C=O) groups excluding carboxylic acids is 1. The van der Waals surface area contributed by atoms with Gasteiger partial charge in [0, 0.05) is 13.0 Å². The molecule has 1 aliphatic rings. The Balaban J connectivity index is 1.63. The molecule has 1 aliphatic heterocycles. The van der Waals surface area contributed by atoms with E-state index in [2.05, 4.69) is 10.1 Å². The Morgan fingerprint density at radius 3 is 2.79 bits per heavy atom. The van der Waals surface area contributed by atoms with Gasteiger partial charge < -0.3 is 14.2 Å². The van der Waals surface area contributed by atoms with Crippen LogP contribution >= 0.6 is 0 Å². The van der Waals surface area contributed by atoms with E-state index in [9.17, 15) is 4.79 Å². The maximum atomic E-state index is 12.7. The lowest BCUT2D eigenvalue weighted by Gasteiger charge is -2.33. The molecular weight excluding hydrogens is 306 g/mol. The van der Waals surface area contributed by atoms with Crippen LogP contribution in [0.5, 0.6) is 5.75 Å². The Morgan fingerprint density at radius 1 is 1.33 bits per heavy atom. The Labute approximate surface area is 141 Å². The number of carbonyl (C=O) groups is 1. The molecule has 2 heterocycles. The molecule has 128 valence electrons. The monoisotopic (exact) mass is 329 g/mol. The van der Waals surface area contributed by atoms with Gasteiger partial charge in [0.15, 0.2) is 5.82 Å². The van der Waals surface area contributed by atoms with E-state index in [1.165, 1.54) is 0 Å². The number of ether oxygens (including phenoxy) is 1. The van der Waals surface area contributed by atoms with Gasteiger partial charge in [-0.05, 0) is 50.3 Å².